The van der Waals surface area contributed by atoms with Gasteiger partial charge in [0.05, 0.1) is 0 Å². The summed E-state index contributed by atoms with van der Waals surface area (Å²) in [6.07, 6.45) is 9.74. The van der Waals surface area contributed by atoms with Crippen LogP contribution in [0.25, 0.3) is 0 Å². The SMILES string of the molecule is CC(C)N(CC1CCCN(CCCCCn2cccn2)C1)C(=O)OC(C)(C)C. The Morgan fingerprint density at radius 2 is 2.00 bits per heavy atom. The first-order chi connectivity index (χ1) is 13.2. The van der Waals surface area contributed by atoms with Crippen molar-refractivity contribution in [2.75, 3.05) is 26.2 Å². The molecular formula is C22H40N4O2. The fraction of sp³-hybridized carbons (Fsp3) is 0.818. The summed E-state index contributed by atoms with van der Waals surface area (Å²) < 4.78 is 7.63. The third-order valence-corrected chi connectivity index (χ3v) is 5.23. The molecule has 160 valence electrons. The number of aromatic nitrogens is 2. The molecule has 1 aliphatic rings. The highest BCUT2D eigenvalue weighted by Gasteiger charge is 2.28. The van der Waals surface area contributed by atoms with Gasteiger partial charge in [-0.25, -0.2) is 4.79 Å². The summed E-state index contributed by atoms with van der Waals surface area (Å²) in [6.45, 7) is 15.2. The molecule has 28 heavy (non-hydrogen) atoms. The van der Waals surface area contributed by atoms with E-state index < -0.39 is 5.60 Å². The van der Waals surface area contributed by atoms with Gasteiger partial charge in [0.25, 0.3) is 0 Å². The lowest BCUT2D eigenvalue weighted by molar-refractivity contribution is 0.0120. The standard InChI is InChI=1S/C22H40N4O2/c1-19(2)26(21(27)28-22(3,4)5)18-20-11-9-14-24(17-20)13-7-6-8-15-25-16-10-12-23-25/h10,12,16,19-20H,6-9,11,13-15,17-18H2,1-5H3. The highest BCUT2D eigenvalue weighted by atomic mass is 16.6. The van der Waals surface area contributed by atoms with Crippen molar-refractivity contribution in [3.8, 4) is 0 Å². The van der Waals surface area contributed by atoms with E-state index in [1.54, 1.807) is 0 Å². The fourth-order valence-corrected chi connectivity index (χ4v) is 3.82. The molecule has 0 aliphatic carbocycles. The number of hydrogen-bond donors (Lipinski definition) is 0. The van der Waals surface area contributed by atoms with Crippen LogP contribution in [0.3, 0.4) is 0 Å². The van der Waals surface area contributed by atoms with Crippen molar-refractivity contribution in [1.29, 1.82) is 0 Å². The highest BCUT2D eigenvalue weighted by molar-refractivity contribution is 5.68. The van der Waals surface area contributed by atoms with E-state index in [1.165, 1.54) is 38.6 Å². The van der Waals surface area contributed by atoms with Crippen molar-refractivity contribution < 1.29 is 9.53 Å². The van der Waals surface area contributed by atoms with Crippen LogP contribution in [0.15, 0.2) is 18.5 Å². The Hall–Kier alpha value is -1.56. The van der Waals surface area contributed by atoms with Gasteiger partial charge in [0, 0.05) is 38.1 Å². The predicted molar refractivity (Wildman–Crippen MR) is 113 cm³/mol. The number of nitrogens with zero attached hydrogens (tertiary/aromatic N) is 4. The number of carbonyl (C=O) groups excluding carboxylic acids is 1. The van der Waals surface area contributed by atoms with Crippen molar-refractivity contribution in [2.45, 2.75) is 84.9 Å². The van der Waals surface area contributed by atoms with E-state index in [0.717, 1.165) is 26.2 Å². The predicted octanol–water partition coefficient (Wildman–Crippen LogP) is 4.41. The van der Waals surface area contributed by atoms with Crippen LogP contribution in [0.5, 0.6) is 0 Å². The van der Waals surface area contributed by atoms with Gasteiger partial charge in [0.15, 0.2) is 0 Å². The van der Waals surface area contributed by atoms with Crippen molar-refractivity contribution in [1.82, 2.24) is 19.6 Å². The normalized spacial score (nSPS) is 18.4. The highest BCUT2D eigenvalue weighted by Crippen LogP contribution is 2.21. The molecule has 0 spiro atoms. The molecular weight excluding hydrogens is 352 g/mol. The maximum Gasteiger partial charge on any atom is 0.410 e. The average Bonchev–Trinajstić information content (AvgIpc) is 3.11. The third kappa shape index (κ3) is 8.21. The van der Waals surface area contributed by atoms with E-state index in [-0.39, 0.29) is 12.1 Å². The van der Waals surface area contributed by atoms with Crippen LogP contribution < -0.4 is 0 Å². The van der Waals surface area contributed by atoms with Gasteiger partial charge < -0.3 is 14.5 Å². The number of piperidine rings is 1. The molecule has 0 saturated carbocycles. The molecule has 1 fully saturated rings. The van der Waals surface area contributed by atoms with Gasteiger partial charge in [0.2, 0.25) is 0 Å². The second-order valence-electron chi connectivity index (χ2n) is 9.37. The quantitative estimate of drug-likeness (QED) is 0.584. The van der Waals surface area contributed by atoms with E-state index in [4.69, 9.17) is 4.74 Å². The Bertz CT molecular complexity index is 566. The number of unbranched alkanes of at least 4 members (excludes halogenated alkanes) is 2. The van der Waals surface area contributed by atoms with Gasteiger partial charge in [-0.2, -0.15) is 5.10 Å². The lowest BCUT2D eigenvalue weighted by Gasteiger charge is -2.37. The van der Waals surface area contributed by atoms with E-state index in [1.807, 2.05) is 48.8 Å². The number of aryl methyl sites for hydroxylation is 1. The van der Waals surface area contributed by atoms with Gasteiger partial charge in [-0.3, -0.25) is 4.68 Å². The molecule has 1 aromatic heterocycles. The molecule has 0 radical (unpaired) electrons. The summed E-state index contributed by atoms with van der Waals surface area (Å²) in [5, 5.41) is 4.26. The molecule has 1 amide bonds. The zero-order valence-electron chi connectivity index (χ0n) is 18.6. The summed E-state index contributed by atoms with van der Waals surface area (Å²) in [7, 11) is 0. The fourth-order valence-electron chi connectivity index (χ4n) is 3.82. The Balaban J connectivity index is 1.72. The van der Waals surface area contributed by atoms with E-state index in [2.05, 4.69) is 23.8 Å². The van der Waals surface area contributed by atoms with E-state index in [9.17, 15) is 4.79 Å². The number of ether oxygens (including phenoxy) is 1. The van der Waals surface area contributed by atoms with Crippen molar-refractivity contribution in [2.24, 2.45) is 5.92 Å². The molecule has 2 rings (SSSR count). The largest absolute Gasteiger partial charge is 0.444 e. The minimum Gasteiger partial charge on any atom is -0.444 e. The first kappa shape index (κ1) is 22.7. The molecule has 1 saturated heterocycles. The molecule has 1 aliphatic heterocycles. The molecule has 2 heterocycles. The van der Waals surface area contributed by atoms with Crippen LogP contribution >= 0.6 is 0 Å². The zero-order chi connectivity index (χ0) is 20.6. The molecule has 0 N–H and O–H groups in total. The van der Waals surface area contributed by atoms with Crippen molar-refractivity contribution in [3.05, 3.63) is 18.5 Å². The first-order valence-corrected chi connectivity index (χ1v) is 10.9. The molecule has 0 aromatic carbocycles. The Morgan fingerprint density at radius 3 is 2.64 bits per heavy atom. The summed E-state index contributed by atoms with van der Waals surface area (Å²) >= 11 is 0. The minimum atomic E-state index is -0.445. The van der Waals surface area contributed by atoms with Crippen LogP contribution in [-0.2, 0) is 11.3 Å². The average molecular weight is 393 g/mol. The summed E-state index contributed by atoms with van der Waals surface area (Å²) in [5.41, 5.74) is -0.445. The Kier molecular flexibility index (Phi) is 8.80. The number of likely N-dealkylation sites (tertiary alicyclic amines) is 1. The molecule has 1 unspecified atom stereocenters. The summed E-state index contributed by atoms with van der Waals surface area (Å²) in [5.74, 6) is 0.535. The number of hydrogen-bond acceptors (Lipinski definition) is 4. The van der Waals surface area contributed by atoms with Crippen LogP contribution in [0.2, 0.25) is 0 Å². The van der Waals surface area contributed by atoms with Crippen molar-refractivity contribution in [3.63, 3.8) is 0 Å². The summed E-state index contributed by atoms with van der Waals surface area (Å²) in [6, 6.07) is 2.14. The molecule has 1 atom stereocenters. The lowest BCUT2D eigenvalue weighted by atomic mass is 9.96. The maximum atomic E-state index is 12.6. The minimum absolute atomic E-state index is 0.160. The monoisotopic (exact) mass is 392 g/mol. The molecule has 1 aromatic rings. The van der Waals surface area contributed by atoms with Crippen LogP contribution in [0.4, 0.5) is 4.79 Å². The van der Waals surface area contributed by atoms with Crippen LogP contribution in [-0.4, -0.2) is 63.5 Å². The van der Waals surface area contributed by atoms with Gasteiger partial charge in [-0.1, -0.05) is 6.42 Å². The van der Waals surface area contributed by atoms with E-state index in [0.29, 0.717) is 5.92 Å². The molecule has 6 heteroatoms. The number of rotatable bonds is 9. The van der Waals surface area contributed by atoms with Gasteiger partial charge >= 0.3 is 6.09 Å². The first-order valence-electron chi connectivity index (χ1n) is 10.9. The Morgan fingerprint density at radius 1 is 1.25 bits per heavy atom. The topological polar surface area (TPSA) is 50.6 Å². The molecule has 0 bridgehead atoms. The van der Waals surface area contributed by atoms with Crippen LogP contribution in [0, 0.1) is 5.92 Å². The third-order valence-electron chi connectivity index (χ3n) is 5.23. The number of amides is 1. The Labute approximate surface area is 171 Å². The van der Waals surface area contributed by atoms with Gasteiger partial charge in [0.1, 0.15) is 5.60 Å². The second kappa shape index (κ2) is 10.8. The van der Waals surface area contributed by atoms with E-state index >= 15 is 0 Å². The maximum absolute atomic E-state index is 12.6. The van der Waals surface area contributed by atoms with Crippen molar-refractivity contribution >= 4 is 6.09 Å². The smallest absolute Gasteiger partial charge is 0.410 e. The number of carbonyl (C=O) groups is 1. The second-order valence-corrected chi connectivity index (χ2v) is 9.37. The van der Waals surface area contributed by atoms with Gasteiger partial charge in [-0.05, 0) is 85.4 Å². The van der Waals surface area contributed by atoms with Gasteiger partial charge in [-0.15, -0.1) is 0 Å². The summed E-state index contributed by atoms with van der Waals surface area (Å²) in [4.78, 5) is 17.1. The van der Waals surface area contributed by atoms with Crippen LogP contribution in [0.1, 0.15) is 66.7 Å². The lowest BCUT2D eigenvalue weighted by Crippen LogP contribution is -2.47. The molecule has 6 nitrogen and oxygen atoms in total. The zero-order valence-corrected chi connectivity index (χ0v) is 18.6.